The molecular weight excluding hydrogens is 396 g/mol. The van der Waals surface area contributed by atoms with Crippen LogP contribution in [-0.2, 0) is 14.3 Å². The summed E-state index contributed by atoms with van der Waals surface area (Å²) in [5.41, 5.74) is 4.77. The number of benzene rings is 1. The van der Waals surface area contributed by atoms with Crippen molar-refractivity contribution in [2.45, 2.75) is 39.3 Å². The molecule has 0 saturated carbocycles. The normalized spacial score (nSPS) is 17.3. The zero-order chi connectivity index (χ0) is 23.2. The SMILES string of the molecule is C#CC.CC=O.CN(C)c1ccc(C(=O)O/C=C\N2CC(=O)N3CCCCC3N2)cc1. The van der Waals surface area contributed by atoms with Gasteiger partial charge in [-0.1, -0.05) is 0 Å². The van der Waals surface area contributed by atoms with Crippen LogP contribution in [0.4, 0.5) is 5.69 Å². The highest BCUT2D eigenvalue weighted by Gasteiger charge is 2.32. The van der Waals surface area contributed by atoms with Crippen LogP contribution in [-0.4, -0.2) is 61.4 Å². The van der Waals surface area contributed by atoms with Gasteiger partial charge in [0, 0.05) is 26.3 Å². The van der Waals surface area contributed by atoms with Gasteiger partial charge in [-0.05, 0) is 57.4 Å². The zero-order valence-electron chi connectivity index (χ0n) is 18.7. The van der Waals surface area contributed by atoms with E-state index in [4.69, 9.17) is 9.53 Å². The van der Waals surface area contributed by atoms with Gasteiger partial charge in [0.1, 0.15) is 19.1 Å². The third kappa shape index (κ3) is 8.52. The Morgan fingerprint density at radius 2 is 1.90 bits per heavy atom. The van der Waals surface area contributed by atoms with E-state index in [9.17, 15) is 9.59 Å². The molecule has 168 valence electrons. The molecule has 2 fully saturated rings. The maximum Gasteiger partial charge on any atom is 0.342 e. The van der Waals surface area contributed by atoms with Gasteiger partial charge in [0.05, 0.1) is 17.9 Å². The molecule has 1 N–H and O–H groups in total. The van der Waals surface area contributed by atoms with Crippen LogP contribution in [0.5, 0.6) is 0 Å². The summed E-state index contributed by atoms with van der Waals surface area (Å²) >= 11 is 0. The number of piperidine rings is 1. The Kier molecular flexibility index (Phi) is 11.5. The number of amides is 1. The summed E-state index contributed by atoms with van der Waals surface area (Å²) < 4.78 is 5.16. The molecule has 8 nitrogen and oxygen atoms in total. The average molecular weight is 429 g/mol. The quantitative estimate of drug-likeness (QED) is 0.341. The molecule has 31 heavy (non-hydrogen) atoms. The first kappa shape index (κ1) is 25.7. The molecule has 0 radical (unpaired) electrons. The van der Waals surface area contributed by atoms with Crippen molar-refractivity contribution in [3.05, 3.63) is 42.3 Å². The molecule has 2 aliphatic heterocycles. The Hall–Kier alpha value is -3.31. The smallest absolute Gasteiger partial charge is 0.342 e. The van der Waals surface area contributed by atoms with Crippen LogP contribution >= 0.6 is 0 Å². The van der Waals surface area contributed by atoms with Crippen molar-refractivity contribution < 1.29 is 19.1 Å². The summed E-state index contributed by atoms with van der Waals surface area (Å²) in [4.78, 5) is 36.8. The zero-order valence-corrected chi connectivity index (χ0v) is 18.7. The summed E-state index contributed by atoms with van der Waals surface area (Å²) in [7, 11) is 3.88. The highest BCUT2D eigenvalue weighted by atomic mass is 16.5. The first-order valence-corrected chi connectivity index (χ1v) is 10.1. The fourth-order valence-electron chi connectivity index (χ4n) is 3.06. The van der Waals surface area contributed by atoms with E-state index in [2.05, 4.69) is 17.8 Å². The largest absolute Gasteiger partial charge is 0.429 e. The summed E-state index contributed by atoms with van der Waals surface area (Å²) in [6.45, 7) is 4.15. The van der Waals surface area contributed by atoms with Crippen LogP contribution in [0.15, 0.2) is 36.7 Å². The van der Waals surface area contributed by atoms with Gasteiger partial charge in [0.25, 0.3) is 0 Å². The second-order valence-electron chi connectivity index (χ2n) is 7.01. The number of ether oxygens (including phenoxy) is 1. The van der Waals surface area contributed by atoms with Crippen LogP contribution < -0.4 is 10.3 Å². The van der Waals surface area contributed by atoms with Crippen LogP contribution in [0, 0.1) is 12.3 Å². The number of hydrogen-bond donors (Lipinski definition) is 1. The van der Waals surface area contributed by atoms with E-state index < -0.39 is 5.97 Å². The van der Waals surface area contributed by atoms with Crippen molar-refractivity contribution in [1.29, 1.82) is 0 Å². The number of rotatable bonds is 4. The Balaban J connectivity index is 0.000000720. The number of nitrogens with zero attached hydrogens (tertiary/aromatic N) is 3. The molecule has 0 spiro atoms. The van der Waals surface area contributed by atoms with Crippen molar-refractivity contribution in [2.24, 2.45) is 0 Å². The van der Waals surface area contributed by atoms with Crippen LogP contribution in [0.2, 0.25) is 0 Å². The van der Waals surface area contributed by atoms with Crippen molar-refractivity contribution >= 4 is 23.9 Å². The molecule has 1 aromatic rings. The number of carbonyl (C=O) groups excluding carboxylic acids is 3. The number of esters is 1. The van der Waals surface area contributed by atoms with Gasteiger partial charge in [0.2, 0.25) is 5.91 Å². The number of aldehydes is 1. The molecule has 0 aliphatic carbocycles. The van der Waals surface area contributed by atoms with Crippen LogP contribution in [0.25, 0.3) is 0 Å². The predicted octanol–water partition coefficient (Wildman–Crippen LogP) is 2.38. The van der Waals surface area contributed by atoms with E-state index >= 15 is 0 Å². The fraction of sp³-hybridized carbons (Fsp3) is 0.435. The van der Waals surface area contributed by atoms with Crippen molar-refractivity contribution in [1.82, 2.24) is 15.3 Å². The third-order valence-electron chi connectivity index (χ3n) is 4.48. The van der Waals surface area contributed by atoms with E-state index in [-0.39, 0.29) is 18.6 Å². The molecule has 0 bridgehead atoms. The molecule has 1 amide bonds. The van der Waals surface area contributed by atoms with Gasteiger partial charge >= 0.3 is 5.97 Å². The lowest BCUT2D eigenvalue weighted by Crippen LogP contribution is -2.63. The highest BCUT2D eigenvalue weighted by Crippen LogP contribution is 2.19. The Labute approximate surface area is 184 Å². The average Bonchev–Trinajstić information content (AvgIpc) is 2.75. The third-order valence-corrected chi connectivity index (χ3v) is 4.48. The van der Waals surface area contributed by atoms with Crippen LogP contribution in [0.1, 0.15) is 43.5 Å². The lowest BCUT2D eigenvalue weighted by molar-refractivity contribution is -0.145. The minimum atomic E-state index is -0.427. The van der Waals surface area contributed by atoms with E-state index in [0.29, 0.717) is 5.56 Å². The number of hydrogen-bond acceptors (Lipinski definition) is 7. The predicted molar refractivity (Wildman–Crippen MR) is 121 cm³/mol. The van der Waals surface area contributed by atoms with Gasteiger partial charge in [-0.25, -0.2) is 10.2 Å². The van der Waals surface area contributed by atoms with Gasteiger partial charge in [-0.15, -0.1) is 12.3 Å². The molecule has 1 aromatic carbocycles. The molecule has 1 unspecified atom stereocenters. The highest BCUT2D eigenvalue weighted by molar-refractivity contribution is 5.90. The molecule has 0 aromatic heterocycles. The topological polar surface area (TPSA) is 82.2 Å². The van der Waals surface area contributed by atoms with Gasteiger partial charge in [0.15, 0.2) is 0 Å². The number of anilines is 1. The van der Waals surface area contributed by atoms with Crippen molar-refractivity contribution in [3.63, 3.8) is 0 Å². The van der Waals surface area contributed by atoms with Crippen molar-refractivity contribution in [2.75, 3.05) is 32.1 Å². The summed E-state index contributed by atoms with van der Waals surface area (Å²) in [6, 6.07) is 7.19. The number of fused-ring (bicyclic) bond motifs is 1. The molecule has 8 heteroatoms. The van der Waals surface area contributed by atoms with Gasteiger partial charge in [-0.2, -0.15) is 0 Å². The summed E-state index contributed by atoms with van der Waals surface area (Å²) in [5.74, 6) is 1.92. The molecule has 2 heterocycles. The maximum absolute atomic E-state index is 12.1. The van der Waals surface area contributed by atoms with E-state index in [1.165, 1.54) is 13.2 Å². The molecule has 3 rings (SSSR count). The summed E-state index contributed by atoms with van der Waals surface area (Å²) in [6.07, 6.45) is 11.4. The molecule has 1 atom stereocenters. The Morgan fingerprint density at radius 1 is 1.29 bits per heavy atom. The summed E-state index contributed by atoms with van der Waals surface area (Å²) in [5, 5.41) is 1.68. The lowest BCUT2D eigenvalue weighted by atomic mass is 10.1. The van der Waals surface area contributed by atoms with E-state index in [1.54, 1.807) is 30.3 Å². The first-order valence-electron chi connectivity index (χ1n) is 10.1. The number of terminal acetylenes is 1. The lowest BCUT2D eigenvalue weighted by Gasteiger charge is -2.43. The molecule has 2 saturated heterocycles. The fourth-order valence-corrected chi connectivity index (χ4v) is 3.06. The minimum absolute atomic E-state index is 0.0360. The number of carbonyl (C=O) groups is 3. The number of nitrogens with one attached hydrogen (secondary N) is 1. The minimum Gasteiger partial charge on any atom is -0.429 e. The Morgan fingerprint density at radius 3 is 2.48 bits per heavy atom. The second-order valence-corrected chi connectivity index (χ2v) is 7.01. The van der Waals surface area contributed by atoms with Gasteiger partial charge in [-0.3, -0.25) is 4.79 Å². The second kappa shape index (κ2) is 13.8. The maximum atomic E-state index is 12.1. The molecule has 2 aliphatic rings. The monoisotopic (exact) mass is 428 g/mol. The molecular formula is C23H32N4O4. The standard InChI is InChI=1S/C18H24N4O3.C3H4.C2H4O/c1-20(2)15-8-6-14(7-9-15)18(24)25-12-11-21-13-17(23)22-10-4-3-5-16(22)19-21;1-3-2;1-2-3/h6-9,11-12,16,19H,3-5,10,13H2,1-2H3;1H,2H3;2H,1H3/b12-11-;;. The first-order chi connectivity index (χ1) is 14.9. The van der Waals surface area contributed by atoms with E-state index in [0.717, 1.165) is 37.8 Å². The van der Waals surface area contributed by atoms with Crippen molar-refractivity contribution in [3.8, 4) is 12.3 Å². The Bertz CT molecular complexity index is 784. The van der Waals surface area contributed by atoms with E-state index in [1.807, 2.05) is 36.0 Å². The number of hydrazine groups is 1. The van der Waals surface area contributed by atoms with Crippen LogP contribution in [0.3, 0.4) is 0 Å². The van der Waals surface area contributed by atoms with Gasteiger partial charge < -0.3 is 24.3 Å².